The summed E-state index contributed by atoms with van der Waals surface area (Å²) in [5.74, 6) is -0.277. The number of methoxy groups -OCH3 is 1. The van der Waals surface area contributed by atoms with Crippen molar-refractivity contribution < 1.29 is 27.5 Å². The lowest BCUT2D eigenvalue weighted by molar-refractivity contribution is -0.119. The number of carbonyl (C=O) groups excluding carboxylic acids is 2. The average Bonchev–Trinajstić information content (AvgIpc) is 3.48. The predicted octanol–water partition coefficient (Wildman–Crippen LogP) is 4.66. The quantitative estimate of drug-likeness (QED) is 0.542. The van der Waals surface area contributed by atoms with E-state index in [1.165, 1.54) is 16.4 Å². The van der Waals surface area contributed by atoms with Crippen LogP contribution in [0.15, 0.2) is 47.4 Å². The van der Waals surface area contributed by atoms with Gasteiger partial charge in [-0.25, -0.2) is 8.42 Å². The van der Waals surface area contributed by atoms with Gasteiger partial charge in [0, 0.05) is 43.9 Å². The van der Waals surface area contributed by atoms with Crippen molar-refractivity contribution in [3.05, 3.63) is 53.1 Å². The molecule has 0 bridgehead atoms. The van der Waals surface area contributed by atoms with E-state index in [2.05, 4.69) is 5.32 Å². The minimum Gasteiger partial charge on any atom is -0.491 e. The van der Waals surface area contributed by atoms with Gasteiger partial charge in [-0.1, -0.05) is 31.4 Å². The van der Waals surface area contributed by atoms with E-state index in [0.29, 0.717) is 16.5 Å². The molecule has 3 atom stereocenters. The maximum atomic E-state index is 13.8. The Balaban J connectivity index is 1.67. The van der Waals surface area contributed by atoms with E-state index in [-0.39, 0.29) is 53.8 Å². The number of ether oxygens (including phenoxy) is 2. The Labute approximate surface area is 241 Å². The summed E-state index contributed by atoms with van der Waals surface area (Å²) in [7, 11) is -0.672. The SMILES string of the molecule is CO[C@@H]1CN(C)C(=O)c2cc(NC(=O)C3CCCC3)ccc2OC[C@@H](C)N(S(=O)(=O)c2ccc(Cl)cc2)C[C@H]1C. The molecular weight excluding hydrogens is 554 g/mol. The molecule has 218 valence electrons. The van der Waals surface area contributed by atoms with Crippen molar-refractivity contribution in [1.82, 2.24) is 9.21 Å². The zero-order chi connectivity index (χ0) is 29.0. The number of halogens is 1. The summed E-state index contributed by atoms with van der Waals surface area (Å²) in [6, 6.07) is 10.5. The Morgan fingerprint density at radius 3 is 2.40 bits per heavy atom. The largest absolute Gasteiger partial charge is 0.491 e. The Hall–Kier alpha value is -2.66. The third-order valence-corrected chi connectivity index (χ3v) is 10.0. The fourth-order valence-electron chi connectivity index (χ4n) is 5.33. The molecule has 2 aromatic carbocycles. The molecule has 40 heavy (non-hydrogen) atoms. The molecule has 4 rings (SSSR count). The number of likely N-dealkylation sites (N-methyl/N-ethyl adjacent to an activating group) is 1. The lowest BCUT2D eigenvalue weighted by Gasteiger charge is -2.35. The van der Waals surface area contributed by atoms with Crippen LogP contribution in [0.3, 0.4) is 0 Å². The number of benzene rings is 2. The molecule has 11 heteroatoms. The molecule has 2 aliphatic rings. The number of rotatable bonds is 5. The second-order valence-electron chi connectivity index (χ2n) is 10.8. The third-order valence-electron chi connectivity index (χ3n) is 7.80. The molecule has 1 aliphatic carbocycles. The maximum absolute atomic E-state index is 13.8. The monoisotopic (exact) mass is 591 g/mol. The van der Waals surface area contributed by atoms with Gasteiger partial charge in [-0.2, -0.15) is 4.31 Å². The number of amides is 2. The molecule has 1 fully saturated rings. The number of carbonyl (C=O) groups is 2. The third kappa shape index (κ3) is 6.79. The first-order valence-electron chi connectivity index (χ1n) is 13.6. The number of nitrogens with zero attached hydrogens (tertiary/aromatic N) is 2. The van der Waals surface area contributed by atoms with E-state index in [1.807, 2.05) is 6.92 Å². The zero-order valence-electron chi connectivity index (χ0n) is 23.4. The van der Waals surface area contributed by atoms with Gasteiger partial charge < -0.3 is 19.7 Å². The van der Waals surface area contributed by atoms with Crippen LogP contribution >= 0.6 is 11.6 Å². The van der Waals surface area contributed by atoms with Crippen LogP contribution < -0.4 is 10.1 Å². The number of hydrogen-bond donors (Lipinski definition) is 1. The summed E-state index contributed by atoms with van der Waals surface area (Å²) in [4.78, 5) is 28.0. The van der Waals surface area contributed by atoms with Crippen molar-refractivity contribution in [2.24, 2.45) is 11.8 Å². The Bertz CT molecular complexity index is 1310. The van der Waals surface area contributed by atoms with Gasteiger partial charge in [0.2, 0.25) is 15.9 Å². The van der Waals surface area contributed by atoms with E-state index in [0.717, 1.165) is 25.7 Å². The van der Waals surface area contributed by atoms with Gasteiger partial charge in [-0.05, 0) is 68.1 Å². The van der Waals surface area contributed by atoms with E-state index >= 15 is 0 Å². The van der Waals surface area contributed by atoms with Crippen molar-refractivity contribution in [3.63, 3.8) is 0 Å². The first-order chi connectivity index (χ1) is 19.0. The highest BCUT2D eigenvalue weighted by atomic mass is 35.5. The Kier molecular flexibility index (Phi) is 9.76. The zero-order valence-corrected chi connectivity index (χ0v) is 25.0. The molecule has 0 radical (unpaired) electrons. The van der Waals surface area contributed by atoms with Gasteiger partial charge in [0.05, 0.1) is 22.6 Å². The van der Waals surface area contributed by atoms with Crippen molar-refractivity contribution in [2.45, 2.75) is 56.6 Å². The fraction of sp³-hybridized carbons (Fsp3) is 0.517. The normalized spacial score (nSPS) is 23.6. The smallest absolute Gasteiger partial charge is 0.257 e. The number of hydrogen-bond acceptors (Lipinski definition) is 6. The first-order valence-corrected chi connectivity index (χ1v) is 15.5. The lowest BCUT2D eigenvalue weighted by Crippen LogP contribution is -2.48. The number of sulfonamides is 1. The minimum atomic E-state index is -3.90. The highest BCUT2D eigenvalue weighted by molar-refractivity contribution is 7.89. The van der Waals surface area contributed by atoms with Crippen LogP contribution in [0.2, 0.25) is 5.02 Å². The van der Waals surface area contributed by atoms with Crippen LogP contribution in [0.5, 0.6) is 5.75 Å². The molecule has 0 spiro atoms. The van der Waals surface area contributed by atoms with Gasteiger partial charge in [-0.3, -0.25) is 9.59 Å². The molecular formula is C29H38ClN3O6S. The molecule has 2 aromatic rings. The van der Waals surface area contributed by atoms with Gasteiger partial charge in [0.25, 0.3) is 5.91 Å². The summed E-state index contributed by atoms with van der Waals surface area (Å²) >= 11 is 6.00. The average molecular weight is 592 g/mol. The molecule has 9 nitrogen and oxygen atoms in total. The molecule has 0 unspecified atom stereocenters. The van der Waals surface area contributed by atoms with E-state index in [1.54, 1.807) is 56.3 Å². The van der Waals surface area contributed by atoms with Crippen molar-refractivity contribution >= 4 is 39.1 Å². The van der Waals surface area contributed by atoms with Crippen LogP contribution in [0, 0.1) is 11.8 Å². The van der Waals surface area contributed by atoms with E-state index < -0.39 is 22.2 Å². The van der Waals surface area contributed by atoms with Crippen LogP contribution in [-0.4, -0.2) is 75.4 Å². The minimum absolute atomic E-state index is 0.00889. The number of fused-ring (bicyclic) bond motifs is 1. The number of nitrogens with one attached hydrogen (secondary N) is 1. The van der Waals surface area contributed by atoms with Gasteiger partial charge >= 0.3 is 0 Å². The topological polar surface area (TPSA) is 105 Å². The predicted molar refractivity (Wildman–Crippen MR) is 154 cm³/mol. The molecule has 1 saturated carbocycles. The first kappa shape index (κ1) is 30.3. The number of anilines is 1. The fourth-order valence-corrected chi connectivity index (χ4v) is 7.17. The highest BCUT2D eigenvalue weighted by Gasteiger charge is 2.35. The summed E-state index contributed by atoms with van der Waals surface area (Å²) in [6.07, 6.45) is 3.39. The summed E-state index contributed by atoms with van der Waals surface area (Å²) in [5.41, 5.74) is 0.804. The second-order valence-corrected chi connectivity index (χ2v) is 13.1. The maximum Gasteiger partial charge on any atom is 0.257 e. The molecule has 1 heterocycles. The van der Waals surface area contributed by atoms with Crippen LogP contribution in [-0.2, 0) is 19.6 Å². The van der Waals surface area contributed by atoms with Crippen LogP contribution in [0.1, 0.15) is 49.9 Å². The summed E-state index contributed by atoms with van der Waals surface area (Å²) in [5, 5.41) is 3.40. The molecule has 2 amide bonds. The second kappa shape index (κ2) is 12.9. The highest BCUT2D eigenvalue weighted by Crippen LogP contribution is 2.30. The van der Waals surface area contributed by atoms with Crippen molar-refractivity contribution in [3.8, 4) is 5.75 Å². The van der Waals surface area contributed by atoms with Crippen LogP contribution in [0.4, 0.5) is 5.69 Å². The van der Waals surface area contributed by atoms with Gasteiger partial charge in [0.1, 0.15) is 12.4 Å². The van der Waals surface area contributed by atoms with Gasteiger partial charge in [-0.15, -0.1) is 0 Å². The summed E-state index contributed by atoms with van der Waals surface area (Å²) < 4.78 is 40.8. The van der Waals surface area contributed by atoms with E-state index in [9.17, 15) is 18.0 Å². The lowest BCUT2D eigenvalue weighted by atomic mass is 10.0. The molecule has 0 aromatic heterocycles. The summed E-state index contributed by atoms with van der Waals surface area (Å²) in [6.45, 7) is 4.08. The Morgan fingerprint density at radius 1 is 1.07 bits per heavy atom. The van der Waals surface area contributed by atoms with Crippen LogP contribution in [0.25, 0.3) is 0 Å². The van der Waals surface area contributed by atoms with Crippen molar-refractivity contribution in [2.75, 3.05) is 39.2 Å². The van der Waals surface area contributed by atoms with Crippen molar-refractivity contribution in [1.29, 1.82) is 0 Å². The van der Waals surface area contributed by atoms with Gasteiger partial charge in [0.15, 0.2) is 0 Å². The standard InChI is InChI=1S/C29H38ClN3O6S/c1-19-16-33(40(36,37)24-12-9-22(30)10-13-24)20(2)18-39-26-14-11-23(31-28(34)21-7-5-6-8-21)15-25(26)29(35)32(3)17-27(19)38-4/h9-15,19-21,27H,5-8,16-18H2,1-4H3,(H,31,34)/t19-,20-,27-/m1/s1. The molecule has 0 saturated heterocycles. The van der Waals surface area contributed by atoms with E-state index in [4.69, 9.17) is 21.1 Å². The molecule has 1 aliphatic heterocycles. The Morgan fingerprint density at radius 2 is 1.75 bits per heavy atom. The molecule has 1 N–H and O–H groups in total.